The number of piperidine rings is 1. The van der Waals surface area contributed by atoms with E-state index in [1.54, 1.807) is 0 Å². The van der Waals surface area contributed by atoms with Crippen LogP contribution < -0.4 is 11.1 Å². The number of carbonyl (C=O) groups is 1. The number of rotatable bonds is 6. The molecule has 1 saturated heterocycles. The van der Waals surface area contributed by atoms with Gasteiger partial charge in [0, 0.05) is 18.7 Å². The summed E-state index contributed by atoms with van der Waals surface area (Å²) in [7, 11) is -3.49. The molecule has 7 heteroatoms. The maximum atomic E-state index is 12.6. The number of nitrogens with zero attached hydrogens (tertiary/aromatic N) is 1. The molecule has 1 aromatic carbocycles. The van der Waals surface area contributed by atoms with Crippen molar-refractivity contribution in [3.05, 3.63) is 29.8 Å². The molecule has 0 aliphatic carbocycles. The molecule has 6 nitrogen and oxygen atoms in total. The minimum Gasteiger partial charge on any atom is -0.366 e. The molecule has 1 amide bonds. The first kappa shape index (κ1) is 16.9. The molecule has 1 aromatic rings. The van der Waals surface area contributed by atoms with Gasteiger partial charge in [0.1, 0.15) is 0 Å². The van der Waals surface area contributed by atoms with Gasteiger partial charge in [0.2, 0.25) is 15.9 Å². The van der Waals surface area contributed by atoms with E-state index < -0.39 is 15.9 Å². The van der Waals surface area contributed by atoms with E-state index >= 15 is 0 Å². The topological polar surface area (TPSA) is 92.5 Å². The van der Waals surface area contributed by atoms with Crippen LogP contribution in [0.25, 0.3) is 0 Å². The van der Waals surface area contributed by atoms with E-state index in [9.17, 15) is 13.2 Å². The predicted molar refractivity (Wildman–Crippen MR) is 85.0 cm³/mol. The van der Waals surface area contributed by atoms with Crippen molar-refractivity contribution in [1.82, 2.24) is 9.62 Å². The number of nitrogens with two attached hydrogens (primary N) is 1. The molecule has 0 atom stereocenters. The van der Waals surface area contributed by atoms with Gasteiger partial charge in [-0.2, -0.15) is 4.31 Å². The number of amides is 1. The fraction of sp³-hybridized carbons (Fsp3) is 0.533. The van der Waals surface area contributed by atoms with Crippen molar-refractivity contribution in [3.63, 3.8) is 0 Å². The van der Waals surface area contributed by atoms with Gasteiger partial charge in [-0.1, -0.05) is 6.92 Å². The molecule has 0 unspecified atom stereocenters. The van der Waals surface area contributed by atoms with Crippen LogP contribution in [0.2, 0.25) is 0 Å². The predicted octanol–water partition coefficient (Wildman–Crippen LogP) is 0.796. The minimum atomic E-state index is -3.49. The molecule has 0 aromatic heterocycles. The highest BCUT2D eigenvalue weighted by Gasteiger charge is 2.29. The van der Waals surface area contributed by atoms with Crippen LogP contribution in [0.4, 0.5) is 0 Å². The Labute approximate surface area is 131 Å². The Hall–Kier alpha value is -1.44. The second-order valence-corrected chi connectivity index (χ2v) is 7.48. The average molecular weight is 325 g/mol. The number of nitrogens with one attached hydrogen (secondary N) is 1. The molecular weight excluding hydrogens is 302 g/mol. The summed E-state index contributed by atoms with van der Waals surface area (Å²) in [6, 6.07) is 5.79. The van der Waals surface area contributed by atoms with Crippen LogP contribution in [0.3, 0.4) is 0 Å². The molecule has 0 radical (unpaired) electrons. The summed E-state index contributed by atoms with van der Waals surface area (Å²) in [5, 5.41) is 3.31. The number of hydrogen-bond acceptors (Lipinski definition) is 4. The zero-order valence-electron chi connectivity index (χ0n) is 12.8. The van der Waals surface area contributed by atoms with Crippen molar-refractivity contribution in [2.75, 3.05) is 26.2 Å². The summed E-state index contributed by atoms with van der Waals surface area (Å²) in [5.41, 5.74) is 5.47. The van der Waals surface area contributed by atoms with Gasteiger partial charge >= 0.3 is 0 Å². The van der Waals surface area contributed by atoms with Crippen molar-refractivity contribution in [2.45, 2.75) is 24.7 Å². The molecule has 3 N–H and O–H groups in total. The van der Waals surface area contributed by atoms with E-state index in [1.165, 1.54) is 28.6 Å². The Morgan fingerprint density at radius 3 is 2.36 bits per heavy atom. The largest absolute Gasteiger partial charge is 0.366 e. The lowest BCUT2D eigenvalue weighted by Crippen LogP contribution is -2.40. The van der Waals surface area contributed by atoms with Crippen LogP contribution in [0, 0.1) is 5.92 Å². The monoisotopic (exact) mass is 325 g/mol. The van der Waals surface area contributed by atoms with Gasteiger partial charge < -0.3 is 11.1 Å². The standard InChI is InChI=1S/C15H23N3O3S/c1-2-17-11-12-7-9-18(10-8-12)22(20,21)14-5-3-13(4-6-14)15(16)19/h3-6,12,17H,2,7-11H2,1H3,(H2,16,19). The van der Waals surface area contributed by atoms with Gasteiger partial charge in [-0.05, 0) is 56.1 Å². The van der Waals surface area contributed by atoms with Crippen molar-refractivity contribution >= 4 is 15.9 Å². The summed E-state index contributed by atoms with van der Waals surface area (Å²) in [5.74, 6) is -0.0307. The first-order chi connectivity index (χ1) is 10.4. The average Bonchev–Trinajstić information content (AvgIpc) is 2.53. The summed E-state index contributed by atoms with van der Waals surface area (Å²) >= 11 is 0. The Balaban J connectivity index is 2.03. The van der Waals surface area contributed by atoms with E-state index in [-0.39, 0.29) is 4.90 Å². The maximum absolute atomic E-state index is 12.6. The quantitative estimate of drug-likeness (QED) is 0.809. The van der Waals surface area contributed by atoms with Crippen LogP contribution in [0.5, 0.6) is 0 Å². The molecule has 0 bridgehead atoms. The summed E-state index contributed by atoms with van der Waals surface area (Å²) in [4.78, 5) is 11.3. The normalized spacial score (nSPS) is 17.5. The van der Waals surface area contributed by atoms with Crippen LogP contribution in [0.1, 0.15) is 30.1 Å². The summed E-state index contributed by atoms with van der Waals surface area (Å²) in [6.45, 7) is 5.02. The molecule has 122 valence electrons. The molecule has 1 aliphatic heterocycles. The van der Waals surface area contributed by atoms with Crippen molar-refractivity contribution < 1.29 is 13.2 Å². The third-order valence-corrected chi connectivity index (χ3v) is 5.95. The number of sulfonamides is 1. The Kier molecular flexibility index (Phi) is 5.55. The lowest BCUT2D eigenvalue weighted by Gasteiger charge is -2.31. The first-order valence-electron chi connectivity index (χ1n) is 7.56. The van der Waals surface area contributed by atoms with Gasteiger partial charge in [-0.25, -0.2) is 8.42 Å². The highest BCUT2D eigenvalue weighted by Crippen LogP contribution is 2.23. The van der Waals surface area contributed by atoms with Gasteiger partial charge in [0.15, 0.2) is 0 Å². The molecule has 1 heterocycles. The zero-order valence-corrected chi connectivity index (χ0v) is 13.6. The highest BCUT2D eigenvalue weighted by molar-refractivity contribution is 7.89. The first-order valence-corrected chi connectivity index (χ1v) is 9.00. The second-order valence-electron chi connectivity index (χ2n) is 5.54. The summed E-state index contributed by atoms with van der Waals surface area (Å²) < 4.78 is 26.7. The lowest BCUT2D eigenvalue weighted by atomic mass is 9.98. The molecule has 0 saturated carbocycles. The van der Waals surface area contributed by atoms with Crippen LogP contribution in [-0.4, -0.2) is 44.8 Å². The van der Waals surface area contributed by atoms with Crippen molar-refractivity contribution in [2.24, 2.45) is 11.7 Å². The molecule has 0 spiro atoms. The Morgan fingerprint density at radius 2 is 1.86 bits per heavy atom. The fourth-order valence-electron chi connectivity index (χ4n) is 2.64. The molecule has 1 fully saturated rings. The van der Waals surface area contributed by atoms with Gasteiger partial charge in [0.05, 0.1) is 4.90 Å². The van der Waals surface area contributed by atoms with Gasteiger partial charge in [0.25, 0.3) is 0 Å². The van der Waals surface area contributed by atoms with Crippen LogP contribution in [-0.2, 0) is 10.0 Å². The minimum absolute atomic E-state index is 0.211. The van der Waals surface area contributed by atoms with E-state index in [4.69, 9.17) is 5.73 Å². The van der Waals surface area contributed by atoms with E-state index in [1.807, 2.05) is 0 Å². The summed E-state index contributed by atoms with van der Waals surface area (Å²) in [6.07, 6.45) is 1.73. The Bertz CT molecular complexity index is 605. The second kappa shape index (κ2) is 7.21. The molecule has 1 aliphatic rings. The smallest absolute Gasteiger partial charge is 0.248 e. The van der Waals surface area contributed by atoms with Crippen molar-refractivity contribution in [1.29, 1.82) is 0 Å². The van der Waals surface area contributed by atoms with Crippen LogP contribution >= 0.6 is 0 Å². The Morgan fingerprint density at radius 1 is 1.27 bits per heavy atom. The number of hydrogen-bond donors (Lipinski definition) is 2. The maximum Gasteiger partial charge on any atom is 0.248 e. The van der Waals surface area contributed by atoms with Crippen molar-refractivity contribution in [3.8, 4) is 0 Å². The fourth-order valence-corrected chi connectivity index (χ4v) is 4.11. The molecule has 2 rings (SSSR count). The lowest BCUT2D eigenvalue weighted by molar-refractivity contribution is 0.1000. The molecule has 22 heavy (non-hydrogen) atoms. The van der Waals surface area contributed by atoms with Crippen LogP contribution in [0.15, 0.2) is 29.2 Å². The molecular formula is C15H23N3O3S. The van der Waals surface area contributed by atoms with E-state index in [2.05, 4.69) is 12.2 Å². The number of primary amides is 1. The number of benzene rings is 1. The SMILES string of the molecule is CCNCC1CCN(S(=O)(=O)c2ccc(C(N)=O)cc2)CC1. The number of carbonyl (C=O) groups excluding carboxylic acids is 1. The van der Waals surface area contributed by atoms with Gasteiger partial charge in [-0.15, -0.1) is 0 Å². The van der Waals surface area contributed by atoms with E-state index in [0.29, 0.717) is 24.6 Å². The third-order valence-electron chi connectivity index (χ3n) is 4.03. The van der Waals surface area contributed by atoms with E-state index in [0.717, 1.165) is 25.9 Å². The van der Waals surface area contributed by atoms with Gasteiger partial charge in [-0.3, -0.25) is 4.79 Å². The highest BCUT2D eigenvalue weighted by atomic mass is 32.2. The third kappa shape index (κ3) is 3.85. The zero-order chi connectivity index (χ0) is 16.2.